The molecule has 2 atom stereocenters. The first-order valence-corrected chi connectivity index (χ1v) is 5.00. The third-order valence-corrected chi connectivity index (χ3v) is 2.93. The first-order valence-electron chi connectivity index (χ1n) is 5.00. The molecule has 15 heavy (non-hydrogen) atoms. The van der Waals surface area contributed by atoms with Crippen molar-refractivity contribution >= 4 is 11.8 Å². The Bertz CT molecular complexity index is 383. The summed E-state index contributed by atoms with van der Waals surface area (Å²) in [5.74, 6) is -1.80. The lowest BCUT2D eigenvalue weighted by atomic mass is 9.88. The van der Waals surface area contributed by atoms with Crippen molar-refractivity contribution in [3.05, 3.63) is 35.9 Å². The molecular formula is C12H12O3. The number of hydrogen-bond acceptors (Lipinski definition) is 2. The number of Topliss-reactive ketones (excluding diaryl/α,β-unsaturated/α-hetero) is 1. The predicted octanol–water partition coefficient (Wildman–Crippen LogP) is 1.83. The van der Waals surface area contributed by atoms with Gasteiger partial charge in [-0.05, 0) is 12.0 Å². The monoisotopic (exact) mass is 204 g/mol. The zero-order valence-corrected chi connectivity index (χ0v) is 8.22. The van der Waals surface area contributed by atoms with Crippen LogP contribution in [0.25, 0.3) is 0 Å². The van der Waals surface area contributed by atoms with E-state index in [0.717, 1.165) is 5.56 Å². The van der Waals surface area contributed by atoms with E-state index in [-0.39, 0.29) is 5.78 Å². The Morgan fingerprint density at radius 1 is 1.27 bits per heavy atom. The molecule has 1 N–H and O–H groups in total. The van der Waals surface area contributed by atoms with Crippen LogP contribution in [0.2, 0.25) is 0 Å². The number of carboxylic acids is 1. The Kier molecular flexibility index (Phi) is 2.54. The predicted molar refractivity (Wildman–Crippen MR) is 54.5 cm³/mol. The second-order valence-corrected chi connectivity index (χ2v) is 3.84. The Balaban J connectivity index is 2.33. The molecular weight excluding hydrogens is 192 g/mol. The maximum atomic E-state index is 11.6. The topological polar surface area (TPSA) is 54.4 Å². The highest BCUT2D eigenvalue weighted by atomic mass is 16.4. The zero-order valence-electron chi connectivity index (χ0n) is 8.22. The van der Waals surface area contributed by atoms with E-state index in [4.69, 9.17) is 5.11 Å². The minimum Gasteiger partial charge on any atom is -0.481 e. The van der Waals surface area contributed by atoms with Crippen molar-refractivity contribution in [3.63, 3.8) is 0 Å². The number of carbonyl (C=O) groups excluding carboxylic acids is 1. The Labute approximate surface area is 87.7 Å². The molecule has 78 valence electrons. The van der Waals surface area contributed by atoms with Gasteiger partial charge in [-0.15, -0.1) is 0 Å². The number of carbonyl (C=O) groups is 2. The van der Waals surface area contributed by atoms with Crippen molar-refractivity contribution in [1.29, 1.82) is 0 Å². The van der Waals surface area contributed by atoms with Crippen LogP contribution in [0.4, 0.5) is 0 Å². The van der Waals surface area contributed by atoms with Crippen LogP contribution >= 0.6 is 0 Å². The normalized spacial score (nSPS) is 25.5. The lowest BCUT2D eigenvalue weighted by Gasteiger charge is -2.14. The number of carboxylic acid groups (broad SMARTS) is 1. The van der Waals surface area contributed by atoms with Crippen LogP contribution in [0.5, 0.6) is 0 Å². The molecule has 0 heterocycles. The van der Waals surface area contributed by atoms with Crippen molar-refractivity contribution < 1.29 is 14.7 Å². The molecule has 0 radical (unpaired) electrons. The van der Waals surface area contributed by atoms with Crippen LogP contribution in [0.15, 0.2) is 30.3 Å². The minimum atomic E-state index is -0.866. The summed E-state index contributed by atoms with van der Waals surface area (Å²) in [6.45, 7) is 0. The smallest absolute Gasteiger partial charge is 0.307 e. The first-order chi connectivity index (χ1) is 7.20. The maximum absolute atomic E-state index is 11.6. The molecule has 0 saturated heterocycles. The van der Waals surface area contributed by atoms with Gasteiger partial charge in [-0.1, -0.05) is 30.3 Å². The summed E-state index contributed by atoms with van der Waals surface area (Å²) < 4.78 is 0. The van der Waals surface area contributed by atoms with Gasteiger partial charge >= 0.3 is 5.97 Å². The number of rotatable bonds is 2. The fourth-order valence-corrected chi connectivity index (χ4v) is 2.19. The van der Waals surface area contributed by atoms with E-state index in [2.05, 4.69) is 0 Å². The highest BCUT2D eigenvalue weighted by Gasteiger charge is 2.39. The minimum absolute atomic E-state index is 0.0496. The summed E-state index contributed by atoms with van der Waals surface area (Å²) >= 11 is 0. The Morgan fingerprint density at radius 2 is 1.93 bits per heavy atom. The molecule has 3 nitrogen and oxygen atoms in total. The summed E-state index contributed by atoms with van der Waals surface area (Å²) in [4.78, 5) is 22.6. The Hall–Kier alpha value is -1.64. The van der Waals surface area contributed by atoms with Crippen LogP contribution in [0.1, 0.15) is 24.3 Å². The van der Waals surface area contributed by atoms with E-state index in [9.17, 15) is 9.59 Å². The van der Waals surface area contributed by atoms with Crippen LogP contribution in [-0.2, 0) is 9.59 Å². The molecule has 1 fully saturated rings. The molecule has 2 rings (SSSR count). The second-order valence-electron chi connectivity index (χ2n) is 3.84. The summed E-state index contributed by atoms with van der Waals surface area (Å²) in [6.07, 6.45) is 0.851. The largest absolute Gasteiger partial charge is 0.481 e. The average Bonchev–Trinajstić information content (AvgIpc) is 2.61. The van der Waals surface area contributed by atoms with Gasteiger partial charge in [0, 0.05) is 6.42 Å². The van der Waals surface area contributed by atoms with Crippen LogP contribution in [0.3, 0.4) is 0 Å². The fraction of sp³-hybridized carbons (Fsp3) is 0.333. The Morgan fingerprint density at radius 3 is 2.53 bits per heavy atom. The van der Waals surface area contributed by atoms with E-state index < -0.39 is 17.8 Å². The van der Waals surface area contributed by atoms with Gasteiger partial charge in [0.1, 0.15) is 5.78 Å². The molecule has 2 unspecified atom stereocenters. The first kappa shape index (κ1) is 9.90. The van der Waals surface area contributed by atoms with E-state index in [0.29, 0.717) is 12.8 Å². The van der Waals surface area contributed by atoms with Crippen molar-refractivity contribution in [2.75, 3.05) is 0 Å². The van der Waals surface area contributed by atoms with Gasteiger partial charge in [0.25, 0.3) is 0 Å². The lowest BCUT2D eigenvalue weighted by Crippen LogP contribution is -2.20. The quantitative estimate of drug-likeness (QED) is 0.799. The molecule has 0 bridgehead atoms. The molecule has 0 spiro atoms. The van der Waals surface area contributed by atoms with Crippen molar-refractivity contribution in [1.82, 2.24) is 0 Å². The van der Waals surface area contributed by atoms with Gasteiger partial charge in [0.2, 0.25) is 0 Å². The van der Waals surface area contributed by atoms with Crippen molar-refractivity contribution in [2.24, 2.45) is 5.92 Å². The highest BCUT2D eigenvalue weighted by molar-refractivity contribution is 5.93. The van der Waals surface area contributed by atoms with Gasteiger partial charge in [-0.25, -0.2) is 0 Å². The standard InChI is InChI=1S/C12H12O3/c13-10-7-6-9(12(14)15)11(10)8-4-2-1-3-5-8/h1-5,9,11H,6-7H2,(H,14,15). The maximum Gasteiger partial charge on any atom is 0.307 e. The average molecular weight is 204 g/mol. The van der Waals surface area contributed by atoms with Crippen molar-refractivity contribution in [3.8, 4) is 0 Å². The summed E-state index contributed by atoms with van der Waals surface area (Å²) in [5, 5.41) is 9.01. The van der Waals surface area contributed by atoms with Gasteiger partial charge in [0.05, 0.1) is 11.8 Å². The highest BCUT2D eigenvalue weighted by Crippen LogP contribution is 2.36. The third-order valence-electron chi connectivity index (χ3n) is 2.93. The van der Waals surface area contributed by atoms with Gasteiger partial charge in [-0.3, -0.25) is 9.59 Å². The van der Waals surface area contributed by atoms with Gasteiger partial charge in [0.15, 0.2) is 0 Å². The van der Waals surface area contributed by atoms with E-state index in [1.807, 2.05) is 30.3 Å². The molecule has 0 amide bonds. The molecule has 3 heteroatoms. The van der Waals surface area contributed by atoms with Gasteiger partial charge in [-0.2, -0.15) is 0 Å². The van der Waals surface area contributed by atoms with E-state index in [1.165, 1.54) is 0 Å². The lowest BCUT2D eigenvalue weighted by molar-refractivity contribution is -0.142. The second kappa shape index (κ2) is 3.85. The summed E-state index contributed by atoms with van der Waals surface area (Å²) in [5.41, 5.74) is 0.826. The third kappa shape index (κ3) is 1.77. The van der Waals surface area contributed by atoms with Gasteiger partial charge < -0.3 is 5.11 Å². The number of hydrogen-bond donors (Lipinski definition) is 1. The van der Waals surface area contributed by atoms with E-state index in [1.54, 1.807) is 0 Å². The number of ketones is 1. The fourth-order valence-electron chi connectivity index (χ4n) is 2.19. The molecule has 0 aromatic heterocycles. The summed E-state index contributed by atoms with van der Waals surface area (Å²) in [6, 6.07) is 9.17. The molecule has 1 aromatic carbocycles. The van der Waals surface area contributed by atoms with E-state index >= 15 is 0 Å². The molecule has 0 aliphatic heterocycles. The zero-order chi connectivity index (χ0) is 10.8. The molecule has 1 aromatic rings. The van der Waals surface area contributed by atoms with Crippen LogP contribution in [0, 0.1) is 5.92 Å². The number of aliphatic carboxylic acids is 1. The molecule has 1 saturated carbocycles. The van der Waals surface area contributed by atoms with Crippen LogP contribution < -0.4 is 0 Å². The summed E-state index contributed by atoms with van der Waals surface area (Å²) in [7, 11) is 0. The molecule has 1 aliphatic rings. The SMILES string of the molecule is O=C(O)C1CCC(=O)C1c1ccccc1. The molecule has 1 aliphatic carbocycles. The van der Waals surface area contributed by atoms with Crippen LogP contribution in [-0.4, -0.2) is 16.9 Å². The number of benzene rings is 1. The van der Waals surface area contributed by atoms with Crippen molar-refractivity contribution in [2.45, 2.75) is 18.8 Å².